The number of nitrogens with two attached hydrogens (primary N) is 1. The maximum Gasteiger partial charge on any atom is 0.326 e. The van der Waals surface area contributed by atoms with Crippen molar-refractivity contribution in [1.82, 2.24) is 26.3 Å². The van der Waals surface area contributed by atoms with E-state index in [0.717, 1.165) is 10.9 Å². The zero-order valence-corrected chi connectivity index (χ0v) is 31.1. The van der Waals surface area contributed by atoms with Gasteiger partial charge in [0.05, 0.1) is 12.5 Å². The number of phenols is 2. The van der Waals surface area contributed by atoms with Gasteiger partial charge in [-0.3, -0.25) is 24.0 Å². The molecule has 1 heterocycles. The van der Waals surface area contributed by atoms with Crippen molar-refractivity contribution in [2.24, 2.45) is 5.73 Å². The molecule has 0 saturated carbocycles. The van der Waals surface area contributed by atoms with E-state index in [1.165, 1.54) is 24.3 Å². The number of aliphatic carboxylic acids is 2. The highest BCUT2D eigenvalue weighted by atomic mass is 16.4. The van der Waals surface area contributed by atoms with Crippen molar-refractivity contribution < 1.29 is 49.2 Å². The van der Waals surface area contributed by atoms with Crippen molar-refractivity contribution in [3.8, 4) is 11.5 Å². The van der Waals surface area contributed by atoms with Gasteiger partial charge < -0.3 is 52.4 Å². The van der Waals surface area contributed by atoms with E-state index in [4.69, 9.17) is 5.73 Å². The lowest BCUT2D eigenvalue weighted by atomic mass is 10.00. The summed E-state index contributed by atoms with van der Waals surface area (Å²) in [4.78, 5) is 82.1. The van der Waals surface area contributed by atoms with Gasteiger partial charge in [-0.2, -0.15) is 0 Å². The lowest BCUT2D eigenvalue weighted by Gasteiger charge is -2.27. The van der Waals surface area contributed by atoms with Gasteiger partial charge in [-0.15, -0.1) is 0 Å². The van der Waals surface area contributed by atoms with Crippen LogP contribution in [-0.2, 0) is 54.5 Å². The van der Waals surface area contributed by atoms with E-state index in [1.807, 2.05) is 0 Å². The minimum absolute atomic E-state index is 0.0202. The molecule has 4 aromatic carbocycles. The topological polar surface area (TPSA) is 273 Å². The van der Waals surface area contributed by atoms with E-state index < -0.39 is 72.2 Å². The van der Waals surface area contributed by atoms with Crippen molar-refractivity contribution in [3.63, 3.8) is 0 Å². The fourth-order valence-corrected chi connectivity index (χ4v) is 6.31. The average Bonchev–Trinajstić information content (AvgIpc) is 3.61. The molecule has 5 unspecified atom stereocenters. The van der Waals surface area contributed by atoms with Gasteiger partial charge >= 0.3 is 11.9 Å². The van der Waals surface area contributed by atoms with E-state index in [9.17, 15) is 49.2 Å². The third-order valence-corrected chi connectivity index (χ3v) is 9.38. The van der Waals surface area contributed by atoms with Gasteiger partial charge in [-0.25, -0.2) is 4.79 Å². The van der Waals surface area contributed by atoms with Crippen LogP contribution in [0.4, 0.5) is 0 Å². The Balaban J connectivity index is 1.42. The standard InChI is InChI=1S/C42H44N6O10/c43-31(18-25-10-14-28(49)15-11-25)38(53)45-33(20-26-12-16-29(50)17-13-26)39(54)46-34(19-24-6-2-1-3-7-24)40(55)47-35(41(56)48-36(42(57)58)22-37(51)52)21-27-23-44-32-9-5-4-8-30(27)32/h1-17,23,31,33-36,44,49-50H,18-22,43H2,(H,45,53)(H,46,54)(H,47,55)(H,48,56)(H,51,52)(H,57,58). The van der Waals surface area contributed by atoms with Crippen LogP contribution in [0.1, 0.15) is 28.7 Å². The van der Waals surface area contributed by atoms with Gasteiger partial charge in [-0.05, 0) is 59.0 Å². The number of phenolic OH excluding ortho intramolecular Hbond substituents is 2. The number of carbonyl (C=O) groups is 6. The van der Waals surface area contributed by atoms with Crippen molar-refractivity contribution in [3.05, 3.63) is 132 Å². The summed E-state index contributed by atoms with van der Waals surface area (Å²) in [6, 6.07) is 20.9. The quantitative estimate of drug-likeness (QED) is 0.0575. The molecule has 4 amide bonds. The molecule has 58 heavy (non-hydrogen) atoms. The van der Waals surface area contributed by atoms with Crippen LogP contribution in [0.3, 0.4) is 0 Å². The maximum atomic E-state index is 14.3. The van der Waals surface area contributed by atoms with Crippen LogP contribution < -0.4 is 27.0 Å². The molecule has 0 radical (unpaired) electrons. The number of benzene rings is 4. The normalized spacial score (nSPS) is 13.6. The lowest BCUT2D eigenvalue weighted by molar-refractivity contribution is -0.147. The Bertz CT molecular complexity index is 2230. The first kappa shape index (κ1) is 42.0. The van der Waals surface area contributed by atoms with E-state index in [0.29, 0.717) is 22.3 Å². The van der Waals surface area contributed by atoms with Gasteiger partial charge in [0.2, 0.25) is 23.6 Å². The van der Waals surface area contributed by atoms with Crippen molar-refractivity contribution >= 4 is 46.5 Å². The molecule has 0 aliphatic rings. The third-order valence-electron chi connectivity index (χ3n) is 9.38. The largest absolute Gasteiger partial charge is 0.508 e. The monoisotopic (exact) mass is 792 g/mol. The van der Waals surface area contributed by atoms with Gasteiger partial charge in [0, 0.05) is 36.4 Å². The summed E-state index contributed by atoms with van der Waals surface area (Å²) in [6.45, 7) is 0. The number of aromatic nitrogens is 1. The van der Waals surface area contributed by atoms with Crippen LogP contribution in [0.2, 0.25) is 0 Å². The second-order valence-electron chi connectivity index (χ2n) is 13.8. The molecule has 16 nitrogen and oxygen atoms in total. The Hall–Kier alpha value is -7.20. The first-order chi connectivity index (χ1) is 27.7. The Labute approximate surface area is 332 Å². The number of rotatable bonds is 19. The number of carboxylic acids is 2. The van der Waals surface area contributed by atoms with Gasteiger partial charge in [0.1, 0.15) is 35.7 Å². The molecule has 0 spiro atoms. The van der Waals surface area contributed by atoms with Crippen LogP contribution in [0.5, 0.6) is 11.5 Å². The molecule has 5 atom stereocenters. The number of para-hydroxylation sites is 1. The first-order valence-corrected chi connectivity index (χ1v) is 18.3. The minimum Gasteiger partial charge on any atom is -0.508 e. The number of hydrogen-bond acceptors (Lipinski definition) is 9. The Morgan fingerprint density at radius 2 is 0.983 bits per heavy atom. The van der Waals surface area contributed by atoms with Crippen LogP contribution >= 0.6 is 0 Å². The summed E-state index contributed by atoms with van der Waals surface area (Å²) < 4.78 is 0. The highest BCUT2D eigenvalue weighted by Crippen LogP contribution is 2.20. The first-order valence-electron chi connectivity index (χ1n) is 18.3. The second-order valence-corrected chi connectivity index (χ2v) is 13.8. The SMILES string of the molecule is NC(Cc1ccc(O)cc1)C(=O)NC(Cc1ccc(O)cc1)C(=O)NC(Cc1ccccc1)C(=O)NC(Cc1c[nH]c2ccccc12)C(=O)NC(CC(=O)O)C(=O)O. The molecule has 0 aliphatic carbocycles. The number of carboxylic acid groups (broad SMARTS) is 2. The Morgan fingerprint density at radius 3 is 1.52 bits per heavy atom. The highest BCUT2D eigenvalue weighted by molar-refractivity contribution is 5.96. The van der Waals surface area contributed by atoms with Crippen molar-refractivity contribution in [2.45, 2.75) is 62.3 Å². The fourth-order valence-electron chi connectivity index (χ4n) is 6.31. The molecule has 0 aliphatic heterocycles. The number of amides is 4. The zero-order chi connectivity index (χ0) is 41.8. The maximum absolute atomic E-state index is 14.3. The molecule has 302 valence electrons. The Morgan fingerprint density at radius 1 is 0.534 bits per heavy atom. The van der Waals surface area contributed by atoms with Gasteiger partial charge in [0.15, 0.2) is 0 Å². The van der Waals surface area contributed by atoms with Crippen molar-refractivity contribution in [2.75, 3.05) is 0 Å². The summed E-state index contributed by atoms with van der Waals surface area (Å²) in [7, 11) is 0. The second kappa shape index (κ2) is 19.6. The molecular weight excluding hydrogens is 748 g/mol. The van der Waals surface area contributed by atoms with Crippen LogP contribution in [-0.4, -0.2) is 91.2 Å². The minimum atomic E-state index is -1.81. The molecule has 16 heteroatoms. The summed E-state index contributed by atoms with van der Waals surface area (Å²) in [6.07, 6.45) is 0.495. The van der Waals surface area contributed by atoms with Gasteiger partial charge in [-0.1, -0.05) is 72.8 Å². The molecule has 11 N–H and O–H groups in total. The smallest absolute Gasteiger partial charge is 0.326 e. The molecule has 0 saturated heterocycles. The zero-order valence-electron chi connectivity index (χ0n) is 31.1. The lowest BCUT2D eigenvalue weighted by Crippen LogP contribution is -2.59. The highest BCUT2D eigenvalue weighted by Gasteiger charge is 2.33. The molecule has 0 fully saturated rings. The average molecular weight is 793 g/mol. The summed E-state index contributed by atoms with van der Waals surface area (Å²) in [5, 5.41) is 49.4. The molecule has 5 rings (SSSR count). The fraction of sp³-hybridized carbons (Fsp3) is 0.238. The molecule has 1 aromatic heterocycles. The molecule has 5 aromatic rings. The van der Waals surface area contributed by atoms with Gasteiger partial charge in [0.25, 0.3) is 0 Å². The number of aromatic hydroxyl groups is 2. The third kappa shape index (κ3) is 11.9. The van der Waals surface area contributed by atoms with Crippen molar-refractivity contribution in [1.29, 1.82) is 0 Å². The Kier molecular flexibility index (Phi) is 14.2. The van der Waals surface area contributed by atoms with E-state index in [1.54, 1.807) is 85.1 Å². The van der Waals surface area contributed by atoms with Crippen LogP contribution in [0.15, 0.2) is 109 Å². The van der Waals surface area contributed by atoms with E-state index in [-0.39, 0.29) is 37.2 Å². The van der Waals surface area contributed by atoms with E-state index >= 15 is 0 Å². The number of H-pyrrole nitrogens is 1. The number of nitrogens with one attached hydrogen (secondary N) is 5. The van der Waals surface area contributed by atoms with Crippen LogP contribution in [0.25, 0.3) is 10.9 Å². The predicted octanol–water partition coefficient (Wildman–Crippen LogP) is 1.68. The number of fused-ring (bicyclic) bond motifs is 1. The number of hydrogen-bond donors (Lipinski definition) is 10. The van der Waals surface area contributed by atoms with E-state index in [2.05, 4.69) is 26.3 Å². The number of carbonyl (C=O) groups excluding carboxylic acids is 4. The summed E-state index contributed by atoms with van der Waals surface area (Å²) >= 11 is 0. The predicted molar refractivity (Wildman–Crippen MR) is 211 cm³/mol. The van der Waals surface area contributed by atoms with Crippen LogP contribution in [0, 0.1) is 0 Å². The summed E-state index contributed by atoms with van der Waals surface area (Å²) in [5.41, 5.74) is 9.40. The summed E-state index contributed by atoms with van der Waals surface area (Å²) in [5.74, 6) is -6.31. The number of aromatic amines is 1. The molecule has 0 bridgehead atoms. The molecular formula is C42H44N6O10.